The molecule has 45 heavy (non-hydrogen) atoms. The molecule has 0 unspecified atom stereocenters. The fraction of sp³-hybridized carbons (Fsp3) is 0.600. The van der Waals surface area contributed by atoms with Crippen molar-refractivity contribution >= 4 is 23.7 Å². The van der Waals surface area contributed by atoms with Crippen molar-refractivity contribution in [1.82, 2.24) is 15.1 Å². The number of allylic oxidation sites excluding steroid dienone is 1. The minimum Gasteiger partial charge on any atom is -0.463 e. The zero-order chi connectivity index (χ0) is 32.7. The standard InChI is InChI=1S/C35H49N3O7/c1-6-9-16-28(40)44-22-25(24-14-12-11-13-15-24)36-32(41)29-27-17-18-35(45-27)30(29)33(42)38(26(21-39)23(4)5)31(35)34(43)37(19-8-3)20-10-7-2/h6,8,11-15,23,25-27,29-31,39H,1,3,7,9-10,16-22H2,2,4-5H3,(H,36,41)/t25-,26-,27-,29+,30+,31-,35+/m0/s1. The minimum atomic E-state index is -1.19. The number of esters is 1. The fourth-order valence-corrected chi connectivity index (χ4v) is 7.26. The van der Waals surface area contributed by atoms with Crippen molar-refractivity contribution in [2.45, 2.75) is 89.1 Å². The number of aliphatic hydroxyl groups excluding tert-OH is 1. The van der Waals surface area contributed by atoms with Crippen molar-refractivity contribution in [3.63, 3.8) is 0 Å². The lowest BCUT2D eigenvalue weighted by atomic mass is 9.70. The van der Waals surface area contributed by atoms with Crippen LogP contribution in [0.5, 0.6) is 0 Å². The van der Waals surface area contributed by atoms with Gasteiger partial charge in [0.25, 0.3) is 0 Å². The Hall–Kier alpha value is -3.50. The molecule has 0 saturated carbocycles. The number of nitrogens with one attached hydrogen (secondary N) is 1. The summed E-state index contributed by atoms with van der Waals surface area (Å²) in [5.74, 6) is -3.24. The molecule has 2 N–H and O–H groups in total. The molecule has 10 nitrogen and oxygen atoms in total. The molecule has 1 spiro atoms. The van der Waals surface area contributed by atoms with Crippen LogP contribution in [0.15, 0.2) is 55.6 Å². The highest BCUT2D eigenvalue weighted by molar-refractivity contribution is 5.99. The third kappa shape index (κ3) is 6.87. The van der Waals surface area contributed by atoms with Gasteiger partial charge in [-0.05, 0) is 37.2 Å². The molecule has 3 aliphatic heterocycles. The number of likely N-dealkylation sites (tertiary alicyclic amines) is 1. The molecular formula is C35H49N3O7. The van der Waals surface area contributed by atoms with E-state index in [1.165, 1.54) is 4.90 Å². The predicted octanol–water partition coefficient (Wildman–Crippen LogP) is 3.56. The Bertz CT molecular complexity index is 1240. The van der Waals surface area contributed by atoms with Gasteiger partial charge in [-0.15, -0.1) is 13.2 Å². The monoisotopic (exact) mass is 623 g/mol. The lowest BCUT2D eigenvalue weighted by molar-refractivity contribution is -0.152. The molecule has 246 valence electrons. The van der Waals surface area contributed by atoms with Crippen LogP contribution in [0.2, 0.25) is 0 Å². The highest BCUT2D eigenvalue weighted by Gasteiger charge is 2.75. The van der Waals surface area contributed by atoms with Crippen LogP contribution in [0.4, 0.5) is 0 Å². The third-order valence-corrected chi connectivity index (χ3v) is 9.51. The zero-order valence-corrected chi connectivity index (χ0v) is 26.9. The van der Waals surface area contributed by atoms with E-state index in [1.807, 2.05) is 51.1 Å². The van der Waals surface area contributed by atoms with Crippen molar-refractivity contribution in [2.75, 3.05) is 26.3 Å². The first-order valence-corrected chi connectivity index (χ1v) is 16.3. The summed E-state index contributed by atoms with van der Waals surface area (Å²) in [6, 6.07) is 6.99. The maximum atomic E-state index is 14.5. The second-order valence-corrected chi connectivity index (χ2v) is 12.7. The van der Waals surface area contributed by atoms with Gasteiger partial charge in [-0.3, -0.25) is 19.2 Å². The van der Waals surface area contributed by atoms with Crippen molar-refractivity contribution in [3.8, 4) is 0 Å². The Labute approximate surface area is 266 Å². The molecule has 0 radical (unpaired) electrons. The summed E-state index contributed by atoms with van der Waals surface area (Å²) in [5, 5.41) is 13.5. The van der Waals surface area contributed by atoms with E-state index in [0.717, 1.165) is 18.4 Å². The lowest BCUT2D eigenvalue weighted by Crippen LogP contribution is -2.59. The quantitative estimate of drug-likeness (QED) is 0.201. The number of hydrogen-bond donors (Lipinski definition) is 2. The number of rotatable bonds is 17. The molecular weight excluding hydrogens is 574 g/mol. The molecule has 1 aromatic carbocycles. The first-order chi connectivity index (χ1) is 21.6. The Morgan fingerprint density at radius 2 is 1.96 bits per heavy atom. The van der Waals surface area contributed by atoms with Gasteiger partial charge in [0.2, 0.25) is 17.7 Å². The molecule has 3 fully saturated rings. The number of aliphatic hydroxyl groups is 1. The van der Waals surface area contributed by atoms with Crippen molar-refractivity contribution in [3.05, 3.63) is 61.2 Å². The number of unbranched alkanes of at least 4 members (excludes halogenated alkanes) is 1. The van der Waals surface area contributed by atoms with Gasteiger partial charge in [0, 0.05) is 19.5 Å². The predicted molar refractivity (Wildman–Crippen MR) is 170 cm³/mol. The first kappa shape index (κ1) is 34.4. The van der Waals surface area contributed by atoms with Gasteiger partial charge in [-0.25, -0.2) is 0 Å². The number of nitrogens with zero attached hydrogens (tertiary/aromatic N) is 2. The summed E-state index contributed by atoms with van der Waals surface area (Å²) in [4.78, 5) is 58.6. The van der Waals surface area contributed by atoms with Crippen LogP contribution in [-0.2, 0) is 28.7 Å². The van der Waals surface area contributed by atoms with Gasteiger partial charge in [0.1, 0.15) is 18.2 Å². The zero-order valence-electron chi connectivity index (χ0n) is 26.9. The number of fused-ring (bicyclic) bond motifs is 1. The van der Waals surface area contributed by atoms with Crippen molar-refractivity contribution in [2.24, 2.45) is 17.8 Å². The first-order valence-electron chi connectivity index (χ1n) is 16.3. The van der Waals surface area contributed by atoms with Gasteiger partial charge in [-0.1, -0.05) is 69.7 Å². The van der Waals surface area contributed by atoms with E-state index in [-0.39, 0.29) is 43.3 Å². The number of carbonyl (C=O) groups is 4. The molecule has 2 bridgehead atoms. The topological polar surface area (TPSA) is 125 Å². The molecule has 10 heteroatoms. The number of carbonyl (C=O) groups excluding carboxylic acids is 4. The van der Waals surface area contributed by atoms with Crippen LogP contribution >= 0.6 is 0 Å². The number of benzene rings is 1. The summed E-state index contributed by atoms with van der Waals surface area (Å²) in [5.41, 5.74) is -0.432. The smallest absolute Gasteiger partial charge is 0.306 e. The number of hydrogen-bond acceptors (Lipinski definition) is 7. The average Bonchev–Trinajstić information content (AvgIpc) is 3.68. The van der Waals surface area contributed by atoms with Crippen LogP contribution in [-0.4, -0.2) is 88.7 Å². The lowest BCUT2D eigenvalue weighted by Gasteiger charge is -2.40. The van der Waals surface area contributed by atoms with Crippen LogP contribution in [0.1, 0.15) is 70.9 Å². The normalized spacial score (nSPS) is 26.3. The minimum absolute atomic E-state index is 0.0746. The van der Waals surface area contributed by atoms with E-state index in [1.54, 1.807) is 17.1 Å². The van der Waals surface area contributed by atoms with Gasteiger partial charge < -0.3 is 29.7 Å². The fourth-order valence-electron chi connectivity index (χ4n) is 7.26. The number of ether oxygens (including phenoxy) is 2. The Morgan fingerprint density at radius 1 is 1.22 bits per heavy atom. The second kappa shape index (κ2) is 15.2. The van der Waals surface area contributed by atoms with E-state index in [2.05, 4.69) is 18.5 Å². The van der Waals surface area contributed by atoms with Gasteiger partial charge in [0.05, 0.1) is 36.6 Å². The average molecular weight is 624 g/mol. The molecule has 0 aromatic heterocycles. The molecule has 4 rings (SSSR count). The van der Waals surface area contributed by atoms with Crippen LogP contribution < -0.4 is 5.32 Å². The Morgan fingerprint density at radius 3 is 2.58 bits per heavy atom. The van der Waals surface area contributed by atoms with Crippen molar-refractivity contribution in [1.29, 1.82) is 0 Å². The molecule has 0 aliphatic carbocycles. The van der Waals surface area contributed by atoms with E-state index in [9.17, 15) is 24.3 Å². The van der Waals surface area contributed by atoms with Crippen LogP contribution in [0, 0.1) is 17.8 Å². The molecule has 3 aliphatic rings. The van der Waals surface area contributed by atoms with E-state index < -0.39 is 47.6 Å². The summed E-state index contributed by atoms with van der Waals surface area (Å²) in [6.45, 7) is 13.8. The van der Waals surface area contributed by atoms with Crippen molar-refractivity contribution < 1.29 is 33.8 Å². The van der Waals surface area contributed by atoms with Crippen LogP contribution in [0.25, 0.3) is 0 Å². The summed E-state index contributed by atoms with van der Waals surface area (Å²) < 4.78 is 12.1. The van der Waals surface area contributed by atoms with Crippen LogP contribution in [0.3, 0.4) is 0 Å². The van der Waals surface area contributed by atoms with Gasteiger partial charge >= 0.3 is 5.97 Å². The SMILES string of the molecule is C=CCCC(=O)OC[C@H](NC(=O)[C@@H]1[C@@H]2CC[C@]3(O2)[C@H](C(=O)N(CC=C)CCCC)N([C@@H](CO)C(C)C)C(=O)[C@@H]13)c1ccccc1. The molecule has 1 aromatic rings. The highest BCUT2D eigenvalue weighted by Crippen LogP contribution is 2.59. The van der Waals surface area contributed by atoms with E-state index >= 15 is 0 Å². The Kier molecular flexibility index (Phi) is 11.6. The summed E-state index contributed by atoms with van der Waals surface area (Å²) in [7, 11) is 0. The number of amides is 3. The summed E-state index contributed by atoms with van der Waals surface area (Å²) >= 11 is 0. The largest absolute Gasteiger partial charge is 0.463 e. The van der Waals surface area contributed by atoms with Gasteiger partial charge in [-0.2, -0.15) is 0 Å². The maximum Gasteiger partial charge on any atom is 0.306 e. The van der Waals surface area contributed by atoms with E-state index in [0.29, 0.717) is 32.4 Å². The van der Waals surface area contributed by atoms with Gasteiger partial charge in [0.15, 0.2) is 0 Å². The highest BCUT2D eigenvalue weighted by atomic mass is 16.5. The molecule has 3 heterocycles. The van der Waals surface area contributed by atoms with E-state index in [4.69, 9.17) is 9.47 Å². The molecule has 3 amide bonds. The molecule has 7 atom stereocenters. The summed E-state index contributed by atoms with van der Waals surface area (Å²) in [6.07, 6.45) is 6.10. The molecule has 3 saturated heterocycles. The third-order valence-electron chi connectivity index (χ3n) is 9.51. The second-order valence-electron chi connectivity index (χ2n) is 12.7. The Balaban J connectivity index is 1.67. The maximum absolute atomic E-state index is 14.5.